The molecule has 3 heteroatoms. The fourth-order valence-electron chi connectivity index (χ4n) is 1.60. The molecule has 0 aliphatic rings. The van der Waals surface area contributed by atoms with Crippen molar-refractivity contribution in [3.05, 3.63) is 44.5 Å². The first-order chi connectivity index (χ1) is 8.15. The molecule has 1 rings (SSSR count). The van der Waals surface area contributed by atoms with Crippen LogP contribution in [-0.2, 0) is 0 Å². The Morgan fingerprint density at radius 2 is 2.12 bits per heavy atom. The molecule has 0 bridgehead atoms. The number of halogens is 2. The van der Waals surface area contributed by atoms with Crippen molar-refractivity contribution in [2.45, 2.75) is 32.1 Å². The van der Waals surface area contributed by atoms with Gasteiger partial charge in [0.25, 0.3) is 0 Å². The Bertz CT molecular complexity index is 401. The van der Waals surface area contributed by atoms with Crippen molar-refractivity contribution in [2.75, 3.05) is 0 Å². The van der Waals surface area contributed by atoms with Crippen LogP contribution in [0.25, 0.3) is 0 Å². The van der Waals surface area contributed by atoms with Crippen LogP contribution < -0.4 is 0 Å². The molecule has 1 aromatic carbocycles. The number of hydrogen-bond donors (Lipinski definition) is 0. The Hall–Kier alpha value is -0.160. The smallest absolute Gasteiger partial charge is 0.163 e. The van der Waals surface area contributed by atoms with Gasteiger partial charge in [-0.05, 0) is 60.1 Å². The molecule has 0 fully saturated rings. The monoisotopic (exact) mass is 406 g/mol. The first-order valence-corrected chi connectivity index (χ1v) is 7.61. The van der Waals surface area contributed by atoms with Crippen molar-refractivity contribution in [1.29, 1.82) is 0 Å². The minimum Gasteiger partial charge on any atom is -0.294 e. The fraction of sp³-hybridized carbons (Fsp3) is 0.357. The van der Waals surface area contributed by atoms with E-state index in [4.69, 9.17) is 0 Å². The van der Waals surface area contributed by atoms with Gasteiger partial charge >= 0.3 is 0 Å². The molecular formula is C14H16BrIO. The zero-order valence-electron chi connectivity index (χ0n) is 9.72. The highest BCUT2D eigenvalue weighted by molar-refractivity contribution is 14.1. The Morgan fingerprint density at radius 1 is 1.35 bits per heavy atom. The molecule has 0 saturated carbocycles. The molecule has 0 aliphatic carbocycles. The maximum Gasteiger partial charge on any atom is 0.163 e. The van der Waals surface area contributed by atoms with Gasteiger partial charge in [-0.3, -0.25) is 4.79 Å². The molecule has 0 aromatic heterocycles. The second kappa shape index (κ2) is 8.03. The summed E-state index contributed by atoms with van der Waals surface area (Å²) in [7, 11) is 0. The maximum absolute atomic E-state index is 12.0. The first-order valence-electron chi connectivity index (χ1n) is 5.74. The Morgan fingerprint density at radius 3 is 2.82 bits per heavy atom. The largest absolute Gasteiger partial charge is 0.294 e. The second-order valence-corrected chi connectivity index (χ2v) is 6.01. The third-order valence-electron chi connectivity index (χ3n) is 2.54. The predicted molar refractivity (Wildman–Crippen MR) is 84.5 cm³/mol. The highest BCUT2D eigenvalue weighted by Gasteiger charge is 2.09. The van der Waals surface area contributed by atoms with Crippen LogP contribution in [0.15, 0.2) is 35.3 Å². The van der Waals surface area contributed by atoms with E-state index in [1.54, 1.807) is 0 Å². The lowest BCUT2D eigenvalue weighted by atomic mass is 10.0. The summed E-state index contributed by atoms with van der Waals surface area (Å²) in [6.07, 6.45) is 6.81. The molecule has 0 saturated heterocycles. The van der Waals surface area contributed by atoms with E-state index in [1.807, 2.05) is 24.3 Å². The number of benzene rings is 1. The van der Waals surface area contributed by atoms with E-state index in [1.165, 1.54) is 0 Å². The van der Waals surface area contributed by atoms with E-state index in [0.29, 0.717) is 6.42 Å². The second-order valence-electron chi connectivity index (χ2n) is 3.94. The number of allylic oxidation sites excluding steroid dienone is 1. The van der Waals surface area contributed by atoms with Crippen LogP contribution in [0.4, 0.5) is 0 Å². The molecule has 1 nitrogen and oxygen atoms in total. The number of ketones is 1. The van der Waals surface area contributed by atoms with Gasteiger partial charge in [0.05, 0.1) is 0 Å². The molecule has 17 heavy (non-hydrogen) atoms. The molecule has 0 aliphatic heterocycles. The summed E-state index contributed by atoms with van der Waals surface area (Å²) in [6, 6.07) is 5.84. The van der Waals surface area contributed by atoms with Crippen LogP contribution in [0.2, 0.25) is 0 Å². The van der Waals surface area contributed by atoms with Crippen molar-refractivity contribution in [3.63, 3.8) is 0 Å². The van der Waals surface area contributed by atoms with E-state index in [-0.39, 0.29) is 5.78 Å². The van der Waals surface area contributed by atoms with Crippen molar-refractivity contribution >= 4 is 44.3 Å². The number of Topliss-reactive ketones (excluding diaryl/α,β-unsaturated/α-hetero) is 1. The lowest BCUT2D eigenvalue weighted by Gasteiger charge is -2.04. The van der Waals surface area contributed by atoms with Crippen LogP contribution in [0, 0.1) is 3.57 Å². The van der Waals surface area contributed by atoms with Gasteiger partial charge in [0.2, 0.25) is 0 Å². The summed E-state index contributed by atoms with van der Waals surface area (Å²) >= 11 is 5.61. The molecule has 1 aromatic rings. The summed E-state index contributed by atoms with van der Waals surface area (Å²) in [6.45, 7) is 3.69. The quantitative estimate of drug-likeness (QED) is 0.257. The third kappa shape index (κ3) is 5.34. The molecule has 0 spiro atoms. The van der Waals surface area contributed by atoms with Crippen molar-refractivity contribution in [3.8, 4) is 0 Å². The normalized spacial score (nSPS) is 10.2. The SMILES string of the molecule is C=CCCCCCC(=O)c1cc(Br)ccc1I. The molecule has 0 unspecified atom stereocenters. The average Bonchev–Trinajstić information content (AvgIpc) is 2.32. The molecule has 0 amide bonds. The molecule has 0 radical (unpaired) electrons. The summed E-state index contributed by atoms with van der Waals surface area (Å²) in [5.41, 5.74) is 0.837. The number of hydrogen-bond acceptors (Lipinski definition) is 1. The van der Waals surface area contributed by atoms with Crippen LogP contribution in [0.1, 0.15) is 42.5 Å². The Labute approximate surface area is 125 Å². The summed E-state index contributed by atoms with van der Waals surface area (Å²) < 4.78 is 2.00. The summed E-state index contributed by atoms with van der Waals surface area (Å²) in [5, 5.41) is 0. The first kappa shape index (κ1) is 14.9. The molecule has 0 atom stereocenters. The van der Waals surface area contributed by atoms with Crippen molar-refractivity contribution in [2.24, 2.45) is 0 Å². The van der Waals surface area contributed by atoms with Crippen LogP contribution in [0.3, 0.4) is 0 Å². The summed E-state index contributed by atoms with van der Waals surface area (Å²) in [5.74, 6) is 0.245. The van der Waals surface area contributed by atoms with Gasteiger partial charge in [-0.1, -0.05) is 28.4 Å². The number of carbonyl (C=O) groups excluding carboxylic acids is 1. The number of carbonyl (C=O) groups is 1. The van der Waals surface area contributed by atoms with Gasteiger partial charge in [0.1, 0.15) is 0 Å². The van der Waals surface area contributed by atoms with Gasteiger partial charge in [-0.2, -0.15) is 0 Å². The molecular weight excluding hydrogens is 391 g/mol. The molecule has 92 valence electrons. The van der Waals surface area contributed by atoms with Crippen molar-refractivity contribution in [1.82, 2.24) is 0 Å². The van der Waals surface area contributed by atoms with Gasteiger partial charge in [0.15, 0.2) is 5.78 Å². The van der Waals surface area contributed by atoms with Gasteiger partial charge in [-0.25, -0.2) is 0 Å². The average molecular weight is 407 g/mol. The van der Waals surface area contributed by atoms with Crippen LogP contribution >= 0.6 is 38.5 Å². The van der Waals surface area contributed by atoms with Crippen LogP contribution in [0.5, 0.6) is 0 Å². The minimum absolute atomic E-state index is 0.245. The van der Waals surface area contributed by atoms with Crippen molar-refractivity contribution < 1.29 is 4.79 Å². The van der Waals surface area contributed by atoms with E-state index in [2.05, 4.69) is 45.1 Å². The van der Waals surface area contributed by atoms with E-state index >= 15 is 0 Å². The zero-order valence-corrected chi connectivity index (χ0v) is 13.5. The fourth-order valence-corrected chi connectivity index (χ4v) is 2.59. The van der Waals surface area contributed by atoms with E-state index in [0.717, 1.165) is 39.3 Å². The predicted octanol–water partition coefficient (Wildman–Crippen LogP) is 5.37. The van der Waals surface area contributed by atoms with Gasteiger partial charge in [0, 0.05) is 20.0 Å². The zero-order chi connectivity index (χ0) is 12.7. The number of rotatable bonds is 7. The van der Waals surface area contributed by atoms with Crippen LogP contribution in [-0.4, -0.2) is 5.78 Å². The third-order valence-corrected chi connectivity index (χ3v) is 3.97. The van der Waals surface area contributed by atoms with Gasteiger partial charge in [-0.15, -0.1) is 6.58 Å². The lowest BCUT2D eigenvalue weighted by Crippen LogP contribution is -2.01. The molecule has 0 heterocycles. The van der Waals surface area contributed by atoms with E-state index < -0.39 is 0 Å². The summed E-state index contributed by atoms with van der Waals surface area (Å²) in [4.78, 5) is 12.0. The van der Waals surface area contributed by atoms with E-state index in [9.17, 15) is 4.79 Å². The van der Waals surface area contributed by atoms with Gasteiger partial charge < -0.3 is 0 Å². The Balaban J connectivity index is 2.46. The lowest BCUT2D eigenvalue weighted by molar-refractivity contribution is 0.0978. The highest BCUT2D eigenvalue weighted by atomic mass is 127. The Kier molecular flexibility index (Phi) is 7.04. The standard InChI is InChI=1S/C14H16BrIO/c1-2-3-4-5-6-7-14(17)12-10-11(15)8-9-13(12)16/h2,8-10H,1,3-7H2. The minimum atomic E-state index is 0.245. The highest BCUT2D eigenvalue weighted by Crippen LogP contribution is 2.20. The topological polar surface area (TPSA) is 17.1 Å². The molecule has 0 N–H and O–H groups in total. The number of unbranched alkanes of at least 4 members (excludes halogenated alkanes) is 3. The maximum atomic E-state index is 12.0.